The lowest BCUT2D eigenvalue weighted by Gasteiger charge is -2.37. The number of aliphatic hydroxyl groups is 1. The Morgan fingerprint density at radius 3 is 1.86 bits per heavy atom. The lowest BCUT2D eigenvalue weighted by atomic mass is 9.95. The Kier molecular flexibility index (Phi) is 18.0. The maximum atomic E-state index is 14.5. The van der Waals surface area contributed by atoms with E-state index in [4.69, 9.17) is 14.2 Å². The number of phenols is 1. The molecular formula is C44H62N4O10. The first kappa shape index (κ1) is 47.2. The molecule has 0 saturated heterocycles. The third kappa shape index (κ3) is 12.9. The number of phenolic OH excluding ortho intramolecular Hbond substituents is 1. The molecule has 3 amide bonds. The average Bonchev–Trinajstić information content (AvgIpc) is 3.21. The van der Waals surface area contributed by atoms with Crippen LogP contribution >= 0.6 is 0 Å². The fourth-order valence-electron chi connectivity index (χ4n) is 6.61. The van der Waals surface area contributed by atoms with E-state index in [-0.39, 0.29) is 18.6 Å². The number of carbonyl (C=O) groups is 5. The van der Waals surface area contributed by atoms with Crippen LogP contribution < -0.4 is 10.1 Å². The van der Waals surface area contributed by atoms with Crippen LogP contribution in [0.15, 0.2) is 72.3 Å². The predicted octanol–water partition coefficient (Wildman–Crippen LogP) is 3.68. The predicted molar refractivity (Wildman–Crippen MR) is 220 cm³/mol. The molecule has 1 aliphatic rings. The second-order valence-electron chi connectivity index (χ2n) is 15.5. The summed E-state index contributed by atoms with van der Waals surface area (Å²) in [7, 11) is 9.25. The minimum Gasteiger partial charge on any atom is -0.508 e. The van der Waals surface area contributed by atoms with E-state index in [9.17, 15) is 34.2 Å². The standard InChI is InChI=1S/C44H62N4O10/c1-11-28(4)39(58-44(55)36(46(5)6)25-31-16-22-34(56-9)23-17-31)40(51)45-38(27(2)3)42(53)47(7)35(24-29-12-18-32(49)19-13-29)41(52)48(8)37(43(54)57-10)26-30-14-20-33(50)21-15-30/h12-18,20-23,27-28,32,35-39,49-50H,11,19,24-26H2,1-10H3,(H,45,51)/t28-,32?,35+,36+,37+,38+,39?/m0/s1. The van der Waals surface area contributed by atoms with Gasteiger partial charge in [-0.05, 0) is 80.2 Å². The number of nitrogens with zero attached hydrogens (tertiary/aromatic N) is 3. The Bertz CT molecular complexity index is 1760. The van der Waals surface area contributed by atoms with Crippen LogP contribution in [0.4, 0.5) is 0 Å². The van der Waals surface area contributed by atoms with Crippen LogP contribution in [-0.2, 0) is 46.3 Å². The summed E-state index contributed by atoms with van der Waals surface area (Å²) in [6, 6.07) is 9.52. The van der Waals surface area contributed by atoms with Gasteiger partial charge in [0.2, 0.25) is 11.8 Å². The summed E-state index contributed by atoms with van der Waals surface area (Å²) < 4.78 is 16.3. The van der Waals surface area contributed by atoms with E-state index in [0.717, 1.165) is 5.56 Å². The lowest BCUT2D eigenvalue weighted by molar-refractivity contribution is -0.164. The van der Waals surface area contributed by atoms with Crippen LogP contribution in [0.2, 0.25) is 0 Å². The molecule has 0 saturated carbocycles. The van der Waals surface area contributed by atoms with Crippen molar-refractivity contribution >= 4 is 29.7 Å². The largest absolute Gasteiger partial charge is 0.508 e. The fraction of sp³-hybridized carbons (Fsp3) is 0.523. The fourth-order valence-corrected chi connectivity index (χ4v) is 6.61. The molecule has 2 aromatic rings. The van der Waals surface area contributed by atoms with Crippen molar-refractivity contribution in [2.45, 2.75) is 96.2 Å². The molecule has 0 aromatic heterocycles. The van der Waals surface area contributed by atoms with Crippen molar-refractivity contribution in [2.24, 2.45) is 11.8 Å². The zero-order valence-corrected chi connectivity index (χ0v) is 35.5. The van der Waals surface area contributed by atoms with Gasteiger partial charge in [-0.2, -0.15) is 0 Å². The zero-order valence-electron chi connectivity index (χ0n) is 35.5. The van der Waals surface area contributed by atoms with Gasteiger partial charge in [0.05, 0.1) is 20.3 Å². The molecular weight excluding hydrogens is 745 g/mol. The van der Waals surface area contributed by atoms with Gasteiger partial charge in [-0.25, -0.2) is 4.79 Å². The van der Waals surface area contributed by atoms with Gasteiger partial charge in [0.1, 0.15) is 35.7 Å². The molecule has 0 spiro atoms. The highest BCUT2D eigenvalue weighted by atomic mass is 16.6. The second-order valence-corrected chi connectivity index (χ2v) is 15.5. The number of likely N-dealkylation sites (N-methyl/N-ethyl adjacent to an activating group) is 3. The first-order valence-corrected chi connectivity index (χ1v) is 19.7. The monoisotopic (exact) mass is 806 g/mol. The third-order valence-electron chi connectivity index (χ3n) is 10.7. The van der Waals surface area contributed by atoms with E-state index < -0.39 is 77.9 Å². The highest BCUT2D eigenvalue weighted by molar-refractivity contribution is 5.95. The van der Waals surface area contributed by atoms with Gasteiger partial charge >= 0.3 is 11.9 Å². The highest BCUT2D eigenvalue weighted by Gasteiger charge is 2.40. The normalized spacial score (nSPS) is 16.9. The van der Waals surface area contributed by atoms with E-state index in [0.29, 0.717) is 36.1 Å². The summed E-state index contributed by atoms with van der Waals surface area (Å²) in [6.45, 7) is 7.20. The number of methoxy groups -OCH3 is 2. The van der Waals surface area contributed by atoms with Gasteiger partial charge in [0.25, 0.3) is 5.91 Å². The van der Waals surface area contributed by atoms with Gasteiger partial charge in [-0.15, -0.1) is 0 Å². The lowest BCUT2D eigenvalue weighted by Crippen LogP contribution is -2.59. The topological polar surface area (TPSA) is 175 Å². The van der Waals surface area contributed by atoms with Gasteiger partial charge in [-0.3, -0.25) is 24.1 Å². The van der Waals surface area contributed by atoms with Crippen molar-refractivity contribution in [1.82, 2.24) is 20.0 Å². The highest BCUT2D eigenvalue weighted by Crippen LogP contribution is 2.24. The number of benzene rings is 2. The number of ether oxygens (including phenoxy) is 3. The van der Waals surface area contributed by atoms with E-state index in [1.54, 1.807) is 77.2 Å². The molecule has 14 nitrogen and oxygen atoms in total. The molecule has 0 fully saturated rings. The third-order valence-corrected chi connectivity index (χ3v) is 10.7. The number of aliphatic hydroxyl groups excluding tert-OH is 1. The van der Waals surface area contributed by atoms with Gasteiger partial charge in [0.15, 0.2) is 6.10 Å². The Hall–Kier alpha value is -5.21. The maximum absolute atomic E-state index is 14.5. The molecule has 2 unspecified atom stereocenters. The Morgan fingerprint density at radius 2 is 1.36 bits per heavy atom. The van der Waals surface area contributed by atoms with E-state index in [2.05, 4.69) is 5.32 Å². The first-order valence-electron chi connectivity index (χ1n) is 19.7. The molecule has 7 atom stereocenters. The second kappa shape index (κ2) is 22.1. The smallest absolute Gasteiger partial charge is 0.328 e. The molecule has 0 aliphatic heterocycles. The van der Waals surface area contributed by atoms with Crippen molar-refractivity contribution < 1.29 is 48.4 Å². The van der Waals surface area contributed by atoms with Gasteiger partial charge < -0.3 is 39.5 Å². The summed E-state index contributed by atoms with van der Waals surface area (Å²) >= 11 is 0. The number of amides is 3. The molecule has 318 valence electrons. The molecule has 0 bridgehead atoms. The molecule has 58 heavy (non-hydrogen) atoms. The number of hydrogen-bond acceptors (Lipinski definition) is 11. The van der Waals surface area contributed by atoms with E-state index in [1.165, 1.54) is 43.1 Å². The van der Waals surface area contributed by atoms with Gasteiger partial charge in [0, 0.05) is 32.9 Å². The quantitative estimate of drug-likeness (QED) is 0.167. The number of esters is 2. The Morgan fingerprint density at radius 1 is 0.793 bits per heavy atom. The van der Waals surface area contributed by atoms with Crippen LogP contribution in [0.1, 0.15) is 58.1 Å². The number of rotatable bonds is 20. The molecule has 0 heterocycles. The van der Waals surface area contributed by atoms with Crippen LogP contribution in [-0.4, -0.2) is 133 Å². The summed E-state index contributed by atoms with van der Waals surface area (Å²) in [5.74, 6) is -3.15. The summed E-state index contributed by atoms with van der Waals surface area (Å²) in [6.07, 6.45) is 4.46. The van der Waals surface area contributed by atoms with Crippen LogP contribution in [0.5, 0.6) is 11.5 Å². The minimum atomic E-state index is -1.22. The number of hydrogen-bond donors (Lipinski definition) is 3. The number of carbonyl (C=O) groups excluding carboxylic acids is 5. The van der Waals surface area contributed by atoms with E-state index >= 15 is 0 Å². The summed E-state index contributed by atoms with van der Waals surface area (Å²) in [5.41, 5.74) is 2.24. The van der Waals surface area contributed by atoms with Crippen LogP contribution in [0, 0.1) is 11.8 Å². The SMILES string of the molecule is CC[C@H](C)C(OC(=O)[C@@H](Cc1ccc(OC)cc1)N(C)C)C(=O)N[C@@H](C(=O)N(C)[C@H](CC1=CCC(O)C=C1)C(=O)N(C)[C@H](Cc1ccc(O)cc1)C(=O)OC)C(C)C. The van der Waals surface area contributed by atoms with Crippen LogP contribution in [0.25, 0.3) is 0 Å². The van der Waals surface area contributed by atoms with Crippen molar-refractivity contribution in [3.05, 3.63) is 83.5 Å². The summed E-state index contributed by atoms with van der Waals surface area (Å²) in [4.78, 5) is 74.3. The zero-order chi connectivity index (χ0) is 43.3. The molecule has 2 aromatic carbocycles. The Balaban J connectivity index is 1.91. The minimum absolute atomic E-state index is 0.0462. The van der Waals surface area contributed by atoms with Crippen molar-refractivity contribution in [1.29, 1.82) is 0 Å². The van der Waals surface area contributed by atoms with Crippen molar-refractivity contribution in [2.75, 3.05) is 42.4 Å². The average molecular weight is 807 g/mol. The molecule has 1 aliphatic carbocycles. The number of nitrogens with one attached hydrogen (secondary N) is 1. The van der Waals surface area contributed by atoms with Crippen molar-refractivity contribution in [3.8, 4) is 11.5 Å². The molecule has 3 N–H and O–H groups in total. The van der Waals surface area contributed by atoms with Gasteiger partial charge in [-0.1, -0.05) is 70.2 Å². The molecule has 14 heteroatoms. The van der Waals surface area contributed by atoms with Crippen molar-refractivity contribution in [3.63, 3.8) is 0 Å². The molecule has 0 radical (unpaired) electrons. The first-order chi connectivity index (χ1) is 27.4. The number of allylic oxidation sites excluding steroid dienone is 1. The van der Waals surface area contributed by atoms with E-state index in [1.807, 2.05) is 31.2 Å². The van der Waals surface area contributed by atoms with Crippen LogP contribution in [0.3, 0.4) is 0 Å². The Labute approximate surface area is 342 Å². The number of aromatic hydroxyl groups is 1. The maximum Gasteiger partial charge on any atom is 0.328 e. The summed E-state index contributed by atoms with van der Waals surface area (Å²) in [5, 5.41) is 22.7. The molecule has 3 rings (SSSR count).